The maximum Gasteiger partial charge on any atom is 4.00 e. The smallest absolute Gasteiger partial charge is 0.214 e. The van der Waals surface area contributed by atoms with Crippen molar-refractivity contribution in [3.63, 3.8) is 0 Å². The van der Waals surface area contributed by atoms with Crippen LogP contribution >= 0.6 is 0 Å². The van der Waals surface area contributed by atoms with Gasteiger partial charge in [0.05, 0.1) is 0 Å². The van der Waals surface area contributed by atoms with Gasteiger partial charge in [-0.3, -0.25) is 0 Å². The largest absolute Gasteiger partial charge is 4.00 e. The van der Waals surface area contributed by atoms with E-state index in [9.17, 15) is 0 Å². The molecule has 0 nitrogen and oxygen atoms in total. The third kappa shape index (κ3) is 10.1. The molecule has 5 aromatic carbocycles. The monoisotopic (exact) mass is 542 g/mol. The molecule has 0 aromatic heterocycles. The van der Waals surface area contributed by atoms with Crippen LogP contribution in [0.2, 0.25) is 0 Å². The SMILES string of the molecule is CC(C)=[C-]c1ccccc1.[CH2-]c1ccccc1.[Zr+4].[c-]1cccc2c1Cc1ccccc1-2.c1cc[cH-]c1. The zero-order valence-corrected chi connectivity index (χ0v) is 23.6. The fraction of sp³-hybridized carbons (Fsp3) is 0.0857. The van der Waals surface area contributed by atoms with Gasteiger partial charge in [-0.2, -0.15) is 96.4 Å². The van der Waals surface area contributed by atoms with Crippen molar-refractivity contribution in [3.8, 4) is 11.1 Å². The first kappa shape index (κ1) is 29.0. The molecule has 0 spiro atoms. The van der Waals surface area contributed by atoms with Crippen LogP contribution in [0.25, 0.3) is 11.1 Å². The van der Waals surface area contributed by atoms with Gasteiger partial charge in [0.25, 0.3) is 0 Å². The minimum absolute atomic E-state index is 0. The van der Waals surface area contributed by atoms with Crippen LogP contribution in [-0.4, -0.2) is 0 Å². The van der Waals surface area contributed by atoms with E-state index in [2.05, 4.69) is 55.5 Å². The average molecular weight is 544 g/mol. The Hall–Kier alpha value is -3.28. The number of fused-ring (bicyclic) bond motifs is 3. The minimum atomic E-state index is 0. The van der Waals surface area contributed by atoms with Crippen LogP contribution < -0.4 is 0 Å². The first-order valence-corrected chi connectivity index (χ1v) is 11.9. The minimum Gasteiger partial charge on any atom is -0.214 e. The predicted molar refractivity (Wildman–Crippen MR) is 150 cm³/mol. The first-order valence-electron chi connectivity index (χ1n) is 11.9. The van der Waals surface area contributed by atoms with Crippen LogP contribution in [0.3, 0.4) is 0 Å². The van der Waals surface area contributed by atoms with E-state index in [0.717, 1.165) is 17.5 Å². The number of benzene rings is 4. The fourth-order valence-corrected chi connectivity index (χ4v) is 3.61. The summed E-state index contributed by atoms with van der Waals surface area (Å²) in [5.41, 5.74) is 8.95. The Morgan fingerprint density at radius 3 is 1.86 bits per heavy atom. The Bertz CT molecular complexity index is 1200. The van der Waals surface area contributed by atoms with Gasteiger partial charge in [-0.15, -0.1) is 35.4 Å². The molecule has 1 aliphatic carbocycles. The van der Waals surface area contributed by atoms with Gasteiger partial charge in [0, 0.05) is 0 Å². The molecule has 0 atom stereocenters. The molecule has 1 heteroatoms. The number of hydrogen-bond acceptors (Lipinski definition) is 0. The van der Waals surface area contributed by atoms with Gasteiger partial charge in [-0.1, -0.05) is 61.4 Å². The third-order valence-electron chi connectivity index (χ3n) is 5.18. The Morgan fingerprint density at radius 2 is 1.31 bits per heavy atom. The molecule has 0 fully saturated rings. The quantitative estimate of drug-likeness (QED) is 0.181. The molecule has 6 rings (SSSR count). The van der Waals surface area contributed by atoms with Gasteiger partial charge in [-0.05, 0) is 6.42 Å². The van der Waals surface area contributed by atoms with Crippen LogP contribution in [0.5, 0.6) is 0 Å². The maximum atomic E-state index is 3.72. The Balaban J connectivity index is 0.000000178. The molecular formula is C35H32Zr. The summed E-state index contributed by atoms with van der Waals surface area (Å²) in [5.74, 6) is 0. The van der Waals surface area contributed by atoms with Gasteiger partial charge in [0.1, 0.15) is 0 Å². The molecule has 0 unspecified atom stereocenters. The number of hydrogen-bond donors (Lipinski definition) is 0. The summed E-state index contributed by atoms with van der Waals surface area (Å²) in [4.78, 5) is 0. The van der Waals surface area contributed by atoms with Gasteiger partial charge in [0.15, 0.2) is 0 Å². The molecule has 0 bridgehead atoms. The molecule has 0 saturated heterocycles. The molecule has 176 valence electrons. The van der Waals surface area contributed by atoms with Crippen molar-refractivity contribution in [1.29, 1.82) is 0 Å². The molecule has 0 radical (unpaired) electrons. The van der Waals surface area contributed by atoms with Crippen molar-refractivity contribution in [2.24, 2.45) is 0 Å². The normalized spacial score (nSPS) is 9.72. The topological polar surface area (TPSA) is 0 Å². The van der Waals surface area contributed by atoms with Crippen LogP contribution in [0, 0.1) is 19.1 Å². The summed E-state index contributed by atoms with van der Waals surface area (Å²) in [6.07, 6.45) is 4.27. The molecular weight excluding hydrogens is 512 g/mol. The van der Waals surface area contributed by atoms with E-state index < -0.39 is 0 Å². The predicted octanol–water partition coefficient (Wildman–Crippen LogP) is 9.13. The van der Waals surface area contributed by atoms with Crippen molar-refractivity contribution in [3.05, 3.63) is 180 Å². The van der Waals surface area contributed by atoms with Crippen LogP contribution in [-0.2, 0) is 32.6 Å². The van der Waals surface area contributed by atoms with E-state index in [1.165, 1.54) is 27.8 Å². The molecule has 5 aromatic rings. The van der Waals surface area contributed by atoms with E-state index in [0.29, 0.717) is 0 Å². The summed E-state index contributed by atoms with van der Waals surface area (Å²) in [6.45, 7) is 7.82. The first-order chi connectivity index (χ1) is 17.1. The summed E-state index contributed by atoms with van der Waals surface area (Å²) >= 11 is 0. The second-order valence-corrected chi connectivity index (χ2v) is 8.34. The van der Waals surface area contributed by atoms with E-state index in [4.69, 9.17) is 0 Å². The molecule has 0 heterocycles. The molecule has 36 heavy (non-hydrogen) atoms. The molecule has 0 aliphatic heterocycles. The second-order valence-electron chi connectivity index (χ2n) is 8.34. The maximum absolute atomic E-state index is 3.72. The standard InChI is InChI=1S/C13H9.C10H11.C7H7.C5H5.Zr/c1-3-7-12-10(5-1)9-11-6-2-4-8-13(11)12;1-9(2)8-10-6-4-3-5-7-10;1-7-5-3-2-4-6-7;1-2-4-5-3-1;/h1-5,7-8H,9H2;3-7H,1-2H3;2-6H,1H2;1-5H;/q4*-1;+4. The second kappa shape index (κ2) is 16.4. The summed E-state index contributed by atoms with van der Waals surface area (Å²) in [5, 5.41) is 0. The van der Waals surface area contributed by atoms with Crippen molar-refractivity contribution < 1.29 is 26.2 Å². The third-order valence-corrected chi connectivity index (χ3v) is 5.18. The Kier molecular flexibility index (Phi) is 13.2. The van der Waals surface area contributed by atoms with Gasteiger partial charge in [0.2, 0.25) is 0 Å². The Morgan fingerprint density at radius 1 is 0.722 bits per heavy atom. The summed E-state index contributed by atoms with van der Waals surface area (Å²) in [7, 11) is 0. The van der Waals surface area contributed by atoms with Crippen LogP contribution in [0.4, 0.5) is 0 Å². The van der Waals surface area contributed by atoms with E-state index >= 15 is 0 Å². The van der Waals surface area contributed by atoms with Crippen molar-refractivity contribution in [2.75, 3.05) is 0 Å². The van der Waals surface area contributed by atoms with Gasteiger partial charge < -0.3 is 0 Å². The van der Waals surface area contributed by atoms with Crippen LogP contribution in [0.15, 0.2) is 139 Å². The molecule has 0 amide bonds. The zero-order chi connectivity index (χ0) is 24.7. The molecule has 1 aliphatic rings. The average Bonchev–Trinajstić information content (AvgIpc) is 3.58. The number of rotatable bonds is 1. The Labute approximate surface area is 236 Å². The summed E-state index contributed by atoms with van der Waals surface area (Å²) < 4.78 is 0. The van der Waals surface area contributed by atoms with Gasteiger partial charge in [-0.25, -0.2) is 12.1 Å². The van der Waals surface area contributed by atoms with E-state index in [1.54, 1.807) is 0 Å². The summed E-state index contributed by atoms with van der Waals surface area (Å²) in [6, 6.07) is 48.1. The molecule has 0 N–H and O–H groups in total. The fourth-order valence-electron chi connectivity index (χ4n) is 3.61. The van der Waals surface area contributed by atoms with E-state index in [-0.39, 0.29) is 26.2 Å². The van der Waals surface area contributed by atoms with Crippen molar-refractivity contribution >= 4 is 0 Å². The zero-order valence-electron chi connectivity index (χ0n) is 21.1. The van der Waals surface area contributed by atoms with Crippen LogP contribution in [0.1, 0.15) is 36.1 Å². The van der Waals surface area contributed by atoms with E-state index in [1.807, 2.05) is 111 Å². The number of allylic oxidation sites excluding steroid dienone is 1. The molecule has 0 saturated carbocycles. The van der Waals surface area contributed by atoms with Crippen molar-refractivity contribution in [2.45, 2.75) is 20.3 Å². The van der Waals surface area contributed by atoms with Crippen molar-refractivity contribution in [1.82, 2.24) is 0 Å². The van der Waals surface area contributed by atoms with Gasteiger partial charge >= 0.3 is 26.2 Å².